The van der Waals surface area contributed by atoms with Gasteiger partial charge in [0.1, 0.15) is 6.33 Å². The number of hydrogen-bond acceptors (Lipinski definition) is 4. The minimum atomic E-state index is 0.0757. The molecule has 1 fully saturated rings. The summed E-state index contributed by atoms with van der Waals surface area (Å²) in [7, 11) is 0. The number of carbonyl (C=O) groups excluding carboxylic acids is 1. The van der Waals surface area contributed by atoms with Crippen molar-refractivity contribution in [2.45, 2.75) is 33.4 Å². The van der Waals surface area contributed by atoms with E-state index >= 15 is 0 Å². The second-order valence-electron chi connectivity index (χ2n) is 4.95. The maximum Gasteiger partial charge on any atom is 0.224 e. The molecular formula is C12H21N5O. The maximum absolute atomic E-state index is 12.0. The largest absolute Gasteiger partial charge is 0.349 e. The number of aromatic nitrogens is 3. The van der Waals surface area contributed by atoms with E-state index in [1.165, 1.54) is 0 Å². The van der Waals surface area contributed by atoms with Gasteiger partial charge in [0.25, 0.3) is 0 Å². The molecule has 1 aliphatic rings. The van der Waals surface area contributed by atoms with E-state index in [4.69, 9.17) is 0 Å². The smallest absolute Gasteiger partial charge is 0.224 e. The molecule has 0 bridgehead atoms. The quantitative estimate of drug-likeness (QED) is 0.799. The summed E-state index contributed by atoms with van der Waals surface area (Å²) in [5.74, 6) is 1.56. The minimum absolute atomic E-state index is 0.0757. The number of rotatable bonds is 4. The van der Waals surface area contributed by atoms with E-state index in [0.717, 1.165) is 31.9 Å². The summed E-state index contributed by atoms with van der Waals surface area (Å²) in [6.45, 7) is 7.25. The summed E-state index contributed by atoms with van der Waals surface area (Å²) in [4.78, 5) is 12.0. The zero-order valence-electron chi connectivity index (χ0n) is 11.0. The van der Waals surface area contributed by atoms with Crippen LogP contribution in [0.4, 0.5) is 0 Å². The van der Waals surface area contributed by atoms with Crippen LogP contribution in [0.5, 0.6) is 0 Å². The lowest BCUT2D eigenvalue weighted by Gasteiger charge is -2.26. The molecule has 2 heterocycles. The van der Waals surface area contributed by atoms with Crippen molar-refractivity contribution in [1.82, 2.24) is 25.4 Å². The standard InChI is InChI=1S/C12H21N5O/c1-3-17-8-15-16-11(17)7-14-12(18)10-4-9(2)5-13-6-10/h8-10,13H,3-7H2,1-2H3,(H,14,18). The highest BCUT2D eigenvalue weighted by molar-refractivity contribution is 5.78. The summed E-state index contributed by atoms with van der Waals surface area (Å²) >= 11 is 0. The molecule has 1 aromatic heterocycles. The molecule has 1 aromatic rings. The molecule has 2 N–H and O–H groups in total. The molecule has 1 saturated heterocycles. The predicted octanol–water partition coefficient (Wildman–Crippen LogP) is 0.160. The highest BCUT2D eigenvalue weighted by Crippen LogP contribution is 2.15. The molecular weight excluding hydrogens is 230 g/mol. The second-order valence-corrected chi connectivity index (χ2v) is 4.95. The van der Waals surface area contributed by atoms with Crippen LogP contribution in [-0.2, 0) is 17.9 Å². The maximum atomic E-state index is 12.0. The summed E-state index contributed by atoms with van der Waals surface area (Å²) in [6, 6.07) is 0. The fourth-order valence-corrected chi connectivity index (χ4v) is 2.35. The third kappa shape index (κ3) is 3.07. The van der Waals surface area contributed by atoms with Gasteiger partial charge < -0.3 is 15.2 Å². The first-order valence-electron chi connectivity index (χ1n) is 6.55. The Morgan fingerprint density at radius 1 is 1.61 bits per heavy atom. The van der Waals surface area contributed by atoms with Gasteiger partial charge in [-0.2, -0.15) is 0 Å². The zero-order chi connectivity index (χ0) is 13.0. The lowest BCUT2D eigenvalue weighted by Crippen LogP contribution is -2.43. The molecule has 0 spiro atoms. The molecule has 1 aliphatic heterocycles. The molecule has 0 aliphatic carbocycles. The Balaban J connectivity index is 1.84. The third-order valence-electron chi connectivity index (χ3n) is 3.40. The first-order chi connectivity index (χ1) is 8.70. The van der Waals surface area contributed by atoms with Crippen molar-refractivity contribution in [3.8, 4) is 0 Å². The summed E-state index contributed by atoms with van der Waals surface area (Å²) in [6.07, 6.45) is 2.64. The normalized spacial score (nSPS) is 23.9. The summed E-state index contributed by atoms with van der Waals surface area (Å²) in [5.41, 5.74) is 0. The number of nitrogens with one attached hydrogen (secondary N) is 2. The van der Waals surface area contributed by atoms with Gasteiger partial charge in [-0.05, 0) is 25.8 Å². The minimum Gasteiger partial charge on any atom is -0.349 e. The van der Waals surface area contributed by atoms with Gasteiger partial charge in [0, 0.05) is 13.1 Å². The fourth-order valence-electron chi connectivity index (χ4n) is 2.35. The van der Waals surface area contributed by atoms with Crippen molar-refractivity contribution in [3.63, 3.8) is 0 Å². The number of nitrogens with zero attached hydrogens (tertiary/aromatic N) is 3. The van der Waals surface area contributed by atoms with Crippen LogP contribution in [0.25, 0.3) is 0 Å². The number of carbonyl (C=O) groups is 1. The van der Waals surface area contributed by atoms with Crippen molar-refractivity contribution in [2.24, 2.45) is 11.8 Å². The molecule has 0 aromatic carbocycles. The SMILES string of the molecule is CCn1cnnc1CNC(=O)C1CNCC(C)C1. The Morgan fingerprint density at radius 2 is 2.44 bits per heavy atom. The fraction of sp³-hybridized carbons (Fsp3) is 0.750. The molecule has 18 heavy (non-hydrogen) atoms. The van der Waals surface area contributed by atoms with Crippen LogP contribution < -0.4 is 10.6 Å². The third-order valence-corrected chi connectivity index (χ3v) is 3.40. The number of hydrogen-bond donors (Lipinski definition) is 2. The molecule has 2 rings (SSSR count). The molecule has 2 unspecified atom stereocenters. The molecule has 6 nitrogen and oxygen atoms in total. The Kier molecular flexibility index (Phi) is 4.30. The van der Waals surface area contributed by atoms with E-state index in [9.17, 15) is 4.79 Å². The topological polar surface area (TPSA) is 71.8 Å². The number of piperidine rings is 1. The van der Waals surface area contributed by atoms with Crippen LogP contribution in [0.1, 0.15) is 26.1 Å². The van der Waals surface area contributed by atoms with Crippen LogP contribution in [-0.4, -0.2) is 33.8 Å². The van der Waals surface area contributed by atoms with E-state index in [-0.39, 0.29) is 11.8 Å². The second kappa shape index (κ2) is 5.95. The van der Waals surface area contributed by atoms with Crippen molar-refractivity contribution in [1.29, 1.82) is 0 Å². The molecule has 0 radical (unpaired) electrons. The molecule has 2 atom stereocenters. The van der Waals surface area contributed by atoms with Gasteiger partial charge in [0.15, 0.2) is 5.82 Å². The Hall–Kier alpha value is -1.43. The predicted molar refractivity (Wildman–Crippen MR) is 67.7 cm³/mol. The van der Waals surface area contributed by atoms with Gasteiger partial charge in [-0.3, -0.25) is 4.79 Å². The van der Waals surface area contributed by atoms with Crippen molar-refractivity contribution < 1.29 is 4.79 Å². The van der Waals surface area contributed by atoms with Crippen LogP contribution in [0, 0.1) is 11.8 Å². The molecule has 100 valence electrons. The average Bonchev–Trinajstić information content (AvgIpc) is 2.83. The lowest BCUT2D eigenvalue weighted by molar-refractivity contribution is -0.126. The molecule has 0 saturated carbocycles. The van der Waals surface area contributed by atoms with Gasteiger partial charge >= 0.3 is 0 Å². The van der Waals surface area contributed by atoms with Gasteiger partial charge in [0.2, 0.25) is 5.91 Å². The Labute approximate surface area is 107 Å². The Bertz CT molecular complexity index is 403. The summed E-state index contributed by atoms with van der Waals surface area (Å²) in [5, 5.41) is 14.1. The van der Waals surface area contributed by atoms with Gasteiger partial charge in [-0.1, -0.05) is 6.92 Å². The van der Waals surface area contributed by atoms with E-state index in [1.54, 1.807) is 6.33 Å². The number of aryl methyl sites for hydroxylation is 1. The molecule has 6 heteroatoms. The van der Waals surface area contributed by atoms with E-state index in [2.05, 4.69) is 27.8 Å². The monoisotopic (exact) mass is 251 g/mol. The van der Waals surface area contributed by atoms with Crippen molar-refractivity contribution >= 4 is 5.91 Å². The summed E-state index contributed by atoms with van der Waals surface area (Å²) < 4.78 is 1.93. The highest BCUT2D eigenvalue weighted by Gasteiger charge is 2.24. The van der Waals surface area contributed by atoms with Gasteiger partial charge in [-0.25, -0.2) is 0 Å². The zero-order valence-corrected chi connectivity index (χ0v) is 11.0. The van der Waals surface area contributed by atoms with Crippen LogP contribution in [0.15, 0.2) is 6.33 Å². The first-order valence-corrected chi connectivity index (χ1v) is 6.55. The highest BCUT2D eigenvalue weighted by atomic mass is 16.1. The van der Waals surface area contributed by atoms with E-state index < -0.39 is 0 Å². The van der Waals surface area contributed by atoms with E-state index in [1.807, 2.05) is 11.5 Å². The Morgan fingerprint density at radius 3 is 3.17 bits per heavy atom. The van der Waals surface area contributed by atoms with Crippen LogP contribution in [0.2, 0.25) is 0 Å². The van der Waals surface area contributed by atoms with Crippen LogP contribution in [0.3, 0.4) is 0 Å². The van der Waals surface area contributed by atoms with Crippen LogP contribution >= 0.6 is 0 Å². The van der Waals surface area contributed by atoms with Gasteiger partial charge in [-0.15, -0.1) is 10.2 Å². The number of amides is 1. The first kappa shape index (κ1) is 13.0. The van der Waals surface area contributed by atoms with Gasteiger partial charge in [0.05, 0.1) is 12.5 Å². The van der Waals surface area contributed by atoms with E-state index in [0.29, 0.717) is 12.5 Å². The van der Waals surface area contributed by atoms with Crippen molar-refractivity contribution in [2.75, 3.05) is 13.1 Å². The lowest BCUT2D eigenvalue weighted by atomic mass is 9.91. The van der Waals surface area contributed by atoms with Crippen molar-refractivity contribution in [3.05, 3.63) is 12.2 Å². The average molecular weight is 251 g/mol. The molecule has 1 amide bonds.